The summed E-state index contributed by atoms with van der Waals surface area (Å²) in [6, 6.07) is 11.2. The van der Waals surface area contributed by atoms with Crippen LogP contribution in [0.2, 0.25) is 5.15 Å². The van der Waals surface area contributed by atoms with Crippen LogP contribution in [0.5, 0.6) is 0 Å². The molecular weight excluding hydrogens is 289 g/mol. The maximum Gasteiger partial charge on any atom is 0.416 e. The van der Waals surface area contributed by atoms with Crippen LogP contribution in [0.15, 0.2) is 42.5 Å². The number of alkyl halides is 3. The lowest BCUT2D eigenvalue weighted by Crippen LogP contribution is -2.19. The fourth-order valence-corrected chi connectivity index (χ4v) is 1.98. The Morgan fingerprint density at radius 1 is 1.15 bits per heavy atom. The number of aromatic nitrogens is 1. The van der Waals surface area contributed by atoms with Gasteiger partial charge in [0.05, 0.1) is 5.56 Å². The molecule has 1 heterocycles. The number of rotatable bonds is 3. The highest BCUT2D eigenvalue weighted by Gasteiger charge is 2.31. The van der Waals surface area contributed by atoms with Crippen molar-refractivity contribution in [3.8, 4) is 0 Å². The molecule has 2 nitrogen and oxygen atoms in total. The van der Waals surface area contributed by atoms with Crippen molar-refractivity contribution in [1.82, 2.24) is 4.98 Å². The number of anilines is 1. The Morgan fingerprint density at radius 2 is 1.80 bits per heavy atom. The number of hydrogen-bond donors (Lipinski definition) is 0. The van der Waals surface area contributed by atoms with Gasteiger partial charge < -0.3 is 4.90 Å². The SMILES string of the molecule is CN(Cc1ccccc1)c1cc(C(F)(F)F)cc(Cl)n1. The molecule has 6 heteroatoms. The van der Waals surface area contributed by atoms with Gasteiger partial charge in [-0.05, 0) is 17.7 Å². The number of benzene rings is 1. The zero-order valence-corrected chi connectivity index (χ0v) is 11.4. The highest BCUT2D eigenvalue weighted by atomic mass is 35.5. The lowest BCUT2D eigenvalue weighted by molar-refractivity contribution is -0.137. The third-order valence-corrected chi connectivity index (χ3v) is 2.96. The minimum atomic E-state index is -4.44. The Morgan fingerprint density at radius 3 is 2.40 bits per heavy atom. The van der Waals surface area contributed by atoms with E-state index < -0.39 is 11.7 Å². The minimum absolute atomic E-state index is 0.172. The first-order chi connectivity index (χ1) is 9.36. The molecule has 0 saturated heterocycles. The number of nitrogens with zero attached hydrogens (tertiary/aromatic N) is 2. The Labute approximate surface area is 119 Å². The predicted molar refractivity (Wildman–Crippen MR) is 72.8 cm³/mol. The van der Waals surface area contributed by atoms with Crippen molar-refractivity contribution in [2.75, 3.05) is 11.9 Å². The molecular formula is C14H12ClF3N2. The molecule has 1 aromatic heterocycles. The van der Waals surface area contributed by atoms with E-state index in [1.54, 1.807) is 11.9 Å². The molecule has 1 aromatic carbocycles. The first kappa shape index (κ1) is 14.7. The summed E-state index contributed by atoms with van der Waals surface area (Å²) in [5, 5.41) is -0.172. The van der Waals surface area contributed by atoms with Crippen LogP contribution in [-0.2, 0) is 12.7 Å². The van der Waals surface area contributed by atoms with Gasteiger partial charge in [-0.2, -0.15) is 13.2 Å². The zero-order valence-electron chi connectivity index (χ0n) is 10.7. The first-order valence-corrected chi connectivity index (χ1v) is 6.24. The van der Waals surface area contributed by atoms with Crippen LogP contribution in [-0.4, -0.2) is 12.0 Å². The molecule has 0 amide bonds. The quantitative estimate of drug-likeness (QED) is 0.782. The summed E-state index contributed by atoms with van der Waals surface area (Å²) in [6.07, 6.45) is -4.44. The molecule has 0 aliphatic carbocycles. The molecule has 0 radical (unpaired) electrons. The summed E-state index contributed by atoms with van der Waals surface area (Å²) in [4.78, 5) is 5.56. The normalized spacial score (nSPS) is 11.4. The van der Waals surface area contributed by atoms with Crippen molar-refractivity contribution in [2.45, 2.75) is 12.7 Å². The van der Waals surface area contributed by atoms with Crippen LogP contribution in [0.25, 0.3) is 0 Å². The highest BCUT2D eigenvalue weighted by molar-refractivity contribution is 6.29. The fourth-order valence-electron chi connectivity index (χ4n) is 1.78. The van der Waals surface area contributed by atoms with E-state index in [0.717, 1.165) is 17.7 Å². The molecule has 0 unspecified atom stereocenters. The van der Waals surface area contributed by atoms with E-state index in [9.17, 15) is 13.2 Å². The average Bonchev–Trinajstić information content (AvgIpc) is 2.38. The van der Waals surface area contributed by atoms with E-state index >= 15 is 0 Å². The number of halogens is 4. The Balaban J connectivity index is 2.26. The van der Waals surface area contributed by atoms with Gasteiger partial charge in [-0.1, -0.05) is 41.9 Å². The van der Waals surface area contributed by atoms with Gasteiger partial charge in [-0.15, -0.1) is 0 Å². The van der Waals surface area contributed by atoms with E-state index in [1.807, 2.05) is 30.3 Å². The maximum absolute atomic E-state index is 12.7. The molecule has 0 bridgehead atoms. The highest BCUT2D eigenvalue weighted by Crippen LogP contribution is 2.32. The lowest BCUT2D eigenvalue weighted by atomic mass is 10.2. The molecule has 0 spiro atoms. The summed E-state index contributed by atoms with van der Waals surface area (Å²) in [5.41, 5.74) is 0.178. The van der Waals surface area contributed by atoms with Gasteiger partial charge in [0, 0.05) is 13.6 Å². The molecule has 2 aromatic rings. The van der Waals surface area contributed by atoms with Crippen LogP contribution in [0, 0.1) is 0 Å². The molecule has 0 fully saturated rings. The van der Waals surface area contributed by atoms with Crippen molar-refractivity contribution in [1.29, 1.82) is 0 Å². The van der Waals surface area contributed by atoms with E-state index in [1.165, 1.54) is 0 Å². The third kappa shape index (κ3) is 3.63. The lowest BCUT2D eigenvalue weighted by Gasteiger charge is -2.20. The number of hydrogen-bond acceptors (Lipinski definition) is 2. The van der Waals surface area contributed by atoms with Crippen LogP contribution in [0.3, 0.4) is 0 Å². The molecule has 20 heavy (non-hydrogen) atoms. The monoisotopic (exact) mass is 300 g/mol. The van der Waals surface area contributed by atoms with E-state index in [2.05, 4.69) is 4.98 Å². The Hall–Kier alpha value is -1.75. The molecule has 0 aliphatic heterocycles. The van der Waals surface area contributed by atoms with Crippen molar-refractivity contribution < 1.29 is 13.2 Å². The summed E-state index contributed by atoms with van der Waals surface area (Å²) in [6.45, 7) is 0.450. The molecule has 0 N–H and O–H groups in total. The summed E-state index contributed by atoms with van der Waals surface area (Å²) >= 11 is 5.67. The molecule has 2 rings (SSSR count). The van der Waals surface area contributed by atoms with Crippen molar-refractivity contribution in [2.24, 2.45) is 0 Å². The van der Waals surface area contributed by atoms with E-state index in [-0.39, 0.29) is 11.0 Å². The topological polar surface area (TPSA) is 16.1 Å². The molecule has 0 aliphatic rings. The minimum Gasteiger partial charge on any atom is -0.355 e. The van der Waals surface area contributed by atoms with Gasteiger partial charge in [-0.25, -0.2) is 4.98 Å². The largest absolute Gasteiger partial charge is 0.416 e. The van der Waals surface area contributed by atoms with Crippen LogP contribution >= 0.6 is 11.6 Å². The summed E-state index contributed by atoms with van der Waals surface area (Å²) < 4.78 is 38.2. The van der Waals surface area contributed by atoms with Gasteiger partial charge in [0.25, 0.3) is 0 Å². The molecule has 106 valence electrons. The average molecular weight is 301 g/mol. The third-order valence-electron chi connectivity index (χ3n) is 2.76. The van der Waals surface area contributed by atoms with Gasteiger partial charge >= 0.3 is 6.18 Å². The zero-order chi connectivity index (χ0) is 14.8. The second kappa shape index (κ2) is 5.71. The first-order valence-electron chi connectivity index (χ1n) is 5.86. The van der Waals surface area contributed by atoms with Gasteiger partial charge in [0.2, 0.25) is 0 Å². The Bertz CT molecular complexity index is 585. The van der Waals surface area contributed by atoms with Gasteiger partial charge in [-0.3, -0.25) is 0 Å². The second-order valence-electron chi connectivity index (χ2n) is 4.38. The molecule has 0 saturated carbocycles. The second-order valence-corrected chi connectivity index (χ2v) is 4.76. The smallest absolute Gasteiger partial charge is 0.355 e. The van der Waals surface area contributed by atoms with Crippen molar-refractivity contribution in [3.63, 3.8) is 0 Å². The van der Waals surface area contributed by atoms with Crippen LogP contribution < -0.4 is 4.90 Å². The van der Waals surface area contributed by atoms with E-state index in [4.69, 9.17) is 11.6 Å². The van der Waals surface area contributed by atoms with Gasteiger partial charge in [0.15, 0.2) is 0 Å². The summed E-state index contributed by atoms with van der Waals surface area (Å²) in [7, 11) is 1.67. The summed E-state index contributed by atoms with van der Waals surface area (Å²) in [5.74, 6) is 0.189. The van der Waals surface area contributed by atoms with E-state index in [0.29, 0.717) is 6.54 Å². The Kier molecular flexibility index (Phi) is 4.18. The maximum atomic E-state index is 12.7. The van der Waals surface area contributed by atoms with Crippen LogP contribution in [0.4, 0.5) is 19.0 Å². The molecule has 0 atom stereocenters. The number of pyridine rings is 1. The van der Waals surface area contributed by atoms with Crippen LogP contribution in [0.1, 0.15) is 11.1 Å². The van der Waals surface area contributed by atoms with Gasteiger partial charge in [0.1, 0.15) is 11.0 Å². The fraction of sp³-hybridized carbons (Fsp3) is 0.214. The van der Waals surface area contributed by atoms with Crippen molar-refractivity contribution in [3.05, 3.63) is 58.7 Å². The predicted octanol–water partition coefficient (Wildman–Crippen LogP) is 4.39. The standard InChI is InChI=1S/C14H12ClF3N2/c1-20(9-10-5-3-2-4-6-10)13-8-11(14(16,17)18)7-12(15)19-13/h2-8H,9H2,1H3. The van der Waals surface area contributed by atoms with Crippen molar-refractivity contribution >= 4 is 17.4 Å².